The van der Waals surface area contributed by atoms with Crippen molar-refractivity contribution in [3.63, 3.8) is 0 Å². The monoisotopic (exact) mass is 210 g/mol. The van der Waals surface area contributed by atoms with E-state index in [1.807, 2.05) is 0 Å². The fourth-order valence-corrected chi connectivity index (χ4v) is 1.69. The molecule has 1 aliphatic heterocycles. The molecule has 1 N–H and O–H groups in total. The van der Waals surface area contributed by atoms with Gasteiger partial charge in [0.2, 0.25) is 11.8 Å². The minimum absolute atomic E-state index is 0.242. The fourth-order valence-electron chi connectivity index (χ4n) is 1.69. The van der Waals surface area contributed by atoms with Crippen LogP contribution < -0.4 is 5.32 Å². The Morgan fingerprint density at radius 2 is 2.07 bits per heavy atom. The molecule has 0 bridgehead atoms. The topological polar surface area (TPSA) is 66.5 Å². The smallest absolute Gasteiger partial charge is 0.277 e. The Hall–Kier alpha value is -1.65. The molecule has 1 atom stereocenters. The van der Waals surface area contributed by atoms with Gasteiger partial charge in [0, 0.05) is 7.05 Å². The van der Waals surface area contributed by atoms with Crippen molar-refractivity contribution in [3.8, 4) is 0 Å². The van der Waals surface area contributed by atoms with Crippen molar-refractivity contribution < 1.29 is 14.4 Å². The summed E-state index contributed by atoms with van der Waals surface area (Å²) < 4.78 is 0. The molecular formula is C10H14N2O3. The number of nitrogens with one attached hydrogen (secondary N) is 1. The van der Waals surface area contributed by atoms with Crippen LogP contribution in [0.3, 0.4) is 0 Å². The molecule has 1 fully saturated rings. The number of barbiturate groups is 1. The third-order valence-corrected chi connectivity index (χ3v) is 2.77. The molecule has 0 aliphatic carbocycles. The van der Waals surface area contributed by atoms with Crippen LogP contribution in [0, 0.1) is 5.41 Å². The molecular weight excluding hydrogens is 196 g/mol. The summed E-state index contributed by atoms with van der Waals surface area (Å²) in [5.41, 5.74) is -1.16. The summed E-state index contributed by atoms with van der Waals surface area (Å²) in [7, 11) is 1.36. The number of nitrogens with zero attached hydrogens (tertiary/aromatic N) is 1. The molecule has 1 saturated heterocycles. The van der Waals surface area contributed by atoms with Gasteiger partial charge >= 0.3 is 6.03 Å². The molecule has 1 unspecified atom stereocenters. The number of hydrogen-bond acceptors (Lipinski definition) is 3. The second kappa shape index (κ2) is 3.84. The van der Waals surface area contributed by atoms with Gasteiger partial charge in [0.05, 0.1) is 0 Å². The zero-order valence-electron chi connectivity index (χ0n) is 8.87. The number of carbonyl (C=O) groups excluding carboxylic acids is 3. The average molecular weight is 210 g/mol. The lowest BCUT2D eigenvalue weighted by atomic mass is 9.78. The summed E-state index contributed by atoms with van der Waals surface area (Å²) in [5, 5.41) is 2.17. The first kappa shape index (κ1) is 11.4. The molecule has 0 saturated carbocycles. The highest BCUT2D eigenvalue weighted by Gasteiger charge is 2.50. The predicted molar refractivity (Wildman–Crippen MR) is 53.8 cm³/mol. The second-order valence-electron chi connectivity index (χ2n) is 3.55. The summed E-state index contributed by atoms with van der Waals surface area (Å²) in [4.78, 5) is 35.7. The molecule has 0 spiro atoms. The quantitative estimate of drug-likeness (QED) is 0.550. The molecule has 15 heavy (non-hydrogen) atoms. The lowest BCUT2D eigenvalue weighted by Crippen LogP contribution is -2.62. The molecule has 5 nitrogen and oxygen atoms in total. The number of urea groups is 1. The van der Waals surface area contributed by atoms with Crippen LogP contribution in [0.25, 0.3) is 0 Å². The van der Waals surface area contributed by atoms with Gasteiger partial charge in [-0.3, -0.25) is 19.8 Å². The van der Waals surface area contributed by atoms with Crippen LogP contribution in [0.5, 0.6) is 0 Å². The van der Waals surface area contributed by atoms with Crippen LogP contribution in [-0.4, -0.2) is 29.8 Å². The van der Waals surface area contributed by atoms with E-state index >= 15 is 0 Å². The highest BCUT2D eigenvalue weighted by atomic mass is 16.2. The lowest BCUT2D eigenvalue weighted by Gasteiger charge is -2.36. The highest BCUT2D eigenvalue weighted by Crippen LogP contribution is 2.32. The number of allylic oxidation sites excluding steroid dienone is 1. The van der Waals surface area contributed by atoms with Crippen LogP contribution in [0.15, 0.2) is 12.7 Å². The zero-order chi connectivity index (χ0) is 11.6. The van der Waals surface area contributed by atoms with Gasteiger partial charge in [-0.2, -0.15) is 0 Å². The third-order valence-electron chi connectivity index (χ3n) is 2.77. The fraction of sp³-hybridized carbons (Fsp3) is 0.500. The normalized spacial score (nSPS) is 26.5. The molecule has 0 aromatic rings. The summed E-state index contributed by atoms with van der Waals surface area (Å²) in [6, 6.07) is -0.668. The van der Waals surface area contributed by atoms with E-state index in [0.717, 1.165) is 4.90 Å². The Balaban J connectivity index is 3.14. The maximum Gasteiger partial charge on any atom is 0.330 e. The van der Waals surface area contributed by atoms with Gasteiger partial charge in [0.25, 0.3) is 0 Å². The maximum absolute atomic E-state index is 11.9. The van der Waals surface area contributed by atoms with Crippen LogP contribution in [0.1, 0.15) is 19.8 Å². The van der Waals surface area contributed by atoms with Gasteiger partial charge in [-0.25, -0.2) is 4.79 Å². The molecule has 0 aromatic heterocycles. The van der Waals surface area contributed by atoms with Crippen molar-refractivity contribution in [1.29, 1.82) is 0 Å². The first-order chi connectivity index (χ1) is 6.99. The minimum Gasteiger partial charge on any atom is -0.277 e. The third kappa shape index (κ3) is 1.54. The highest BCUT2D eigenvalue weighted by molar-refractivity contribution is 6.19. The Morgan fingerprint density at radius 3 is 2.53 bits per heavy atom. The minimum atomic E-state index is -1.16. The van der Waals surface area contributed by atoms with Crippen LogP contribution >= 0.6 is 0 Å². The van der Waals surface area contributed by atoms with Gasteiger partial charge < -0.3 is 0 Å². The van der Waals surface area contributed by atoms with Gasteiger partial charge in [0.15, 0.2) is 0 Å². The SMILES string of the molecule is C=CCC1(CC)C(=O)NC(=O)N(C)C1=O. The molecule has 0 radical (unpaired) electrons. The standard InChI is InChI=1S/C10H14N2O3/c1-4-6-10(5-2)7(13)11-9(15)12(3)8(10)14/h4H,1,5-6H2,2-3H3,(H,11,13,15). The van der Waals surface area contributed by atoms with E-state index in [9.17, 15) is 14.4 Å². The maximum atomic E-state index is 11.9. The van der Waals surface area contributed by atoms with E-state index in [-0.39, 0.29) is 6.42 Å². The Kier molecular flexibility index (Phi) is 2.93. The molecule has 1 heterocycles. The van der Waals surface area contributed by atoms with Crippen LogP contribution in [0.2, 0.25) is 0 Å². The summed E-state index contributed by atoms with van der Waals surface area (Å²) in [5.74, 6) is -0.989. The molecule has 5 heteroatoms. The number of carbonyl (C=O) groups is 3. The first-order valence-corrected chi connectivity index (χ1v) is 4.74. The van der Waals surface area contributed by atoms with Gasteiger partial charge in [-0.05, 0) is 12.8 Å². The van der Waals surface area contributed by atoms with E-state index in [1.54, 1.807) is 6.92 Å². The molecule has 0 aromatic carbocycles. The number of rotatable bonds is 3. The second-order valence-corrected chi connectivity index (χ2v) is 3.55. The van der Waals surface area contributed by atoms with Crippen LogP contribution in [0.4, 0.5) is 4.79 Å². The van der Waals surface area contributed by atoms with Crippen molar-refractivity contribution in [2.45, 2.75) is 19.8 Å². The Morgan fingerprint density at radius 1 is 1.47 bits per heavy atom. The molecule has 4 amide bonds. The van der Waals surface area contributed by atoms with Crippen molar-refractivity contribution >= 4 is 17.8 Å². The van der Waals surface area contributed by atoms with Crippen molar-refractivity contribution in [1.82, 2.24) is 10.2 Å². The molecule has 1 aliphatic rings. The van der Waals surface area contributed by atoms with E-state index in [4.69, 9.17) is 0 Å². The molecule has 1 rings (SSSR count). The van der Waals surface area contributed by atoms with Crippen molar-refractivity contribution in [2.24, 2.45) is 5.41 Å². The van der Waals surface area contributed by atoms with E-state index in [1.165, 1.54) is 13.1 Å². The summed E-state index contributed by atoms with van der Waals surface area (Å²) in [6.45, 7) is 5.27. The lowest BCUT2D eigenvalue weighted by molar-refractivity contribution is -0.150. The van der Waals surface area contributed by atoms with E-state index in [2.05, 4.69) is 11.9 Å². The zero-order valence-corrected chi connectivity index (χ0v) is 8.87. The van der Waals surface area contributed by atoms with E-state index in [0.29, 0.717) is 6.42 Å². The predicted octanol–water partition coefficient (Wildman–Crippen LogP) is 0.667. The van der Waals surface area contributed by atoms with Crippen LogP contribution in [-0.2, 0) is 9.59 Å². The number of imide groups is 2. The molecule has 82 valence electrons. The van der Waals surface area contributed by atoms with E-state index < -0.39 is 23.3 Å². The van der Waals surface area contributed by atoms with Gasteiger partial charge in [0.1, 0.15) is 5.41 Å². The van der Waals surface area contributed by atoms with Crippen molar-refractivity contribution in [2.75, 3.05) is 7.05 Å². The van der Waals surface area contributed by atoms with Crippen molar-refractivity contribution in [3.05, 3.63) is 12.7 Å². The number of hydrogen-bond donors (Lipinski definition) is 1. The summed E-state index contributed by atoms with van der Waals surface area (Å²) in [6.07, 6.45) is 2.11. The largest absolute Gasteiger partial charge is 0.330 e. The first-order valence-electron chi connectivity index (χ1n) is 4.74. The average Bonchev–Trinajstić information content (AvgIpc) is 2.21. The Labute approximate surface area is 88.1 Å². The Bertz CT molecular complexity index is 338. The van der Waals surface area contributed by atoms with Gasteiger partial charge in [-0.1, -0.05) is 13.0 Å². The number of amides is 4. The summed E-state index contributed by atoms with van der Waals surface area (Å²) >= 11 is 0. The van der Waals surface area contributed by atoms with Gasteiger partial charge in [-0.15, -0.1) is 6.58 Å².